The summed E-state index contributed by atoms with van der Waals surface area (Å²) >= 11 is 8.84. The van der Waals surface area contributed by atoms with Crippen molar-refractivity contribution in [3.8, 4) is 0 Å². The van der Waals surface area contributed by atoms with Crippen molar-refractivity contribution in [1.29, 1.82) is 0 Å². The average Bonchev–Trinajstić information content (AvgIpc) is 3.26. The predicted octanol–water partition coefficient (Wildman–Crippen LogP) is 3.58. The van der Waals surface area contributed by atoms with Crippen molar-refractivity contribution in [2.45, 2.75) is 26.3 Å². The smallest absolute Gasteiger partial charge is 0.291 e. The number of hydrogen-bond acceptors (Lipinski definition) is 6. The number of amides is 1. The molecule has 0 bridgehead atoms. The monoisotopic (exact) mass is 407 g/mol. The third kappa shape index (κ3) is 2.91. The molecule has 0 atom stereocenters. The molecule has 0 radical (unpaired) electrons. The van der Waals surface area contributed by atoms with Crippen molar-refractivity contribution in [2.24, 2.45) is 0 Å². The molecule has 4 aromatic heterocycles. The van der Waals surface area contributed by atoms with E-state index >= 15 is 0 Å². The minimum Gasteiger partial charge on any atom is -0.300 e. The Morgan fingerprint density at radius 1 is 1.35 bits per heavy atom. The molecular formula is C16H14ClN5O2S2. The highest BCUT2D eigenvalue weighted by Crippen LogP contribution is 2.32. The van der Waals surface area contributed by atoms with Gasteiger partial charge in [0.25, 0.3) is 5.56 Å². The zero-order valence-corrected chi connectivity index (χ0v) is 16.3. The molecule has 10 heteroatoms. The van der Waals surface area contributed by atoms with Crippen LogP contribution in [0.1, 0.15) is 25.6 Å². The number of hydrogen-bond donors (Lipinski definition) is 1. The van der Waals surface area contributed by atoms with Gasteiger partial charge in [-0.05, 0) is 12.1 Å². The van der Waals surface area contributed by atoms with Gasteiger partial charge in [0.1, 0.15) is 17.9 Å². The Morgan fingerprint density at radius 2 is 2.15 bits per heavy atom. The second-order valence-corrected chi connectivity index (χ2v) is 8.64. The molecule has 1 amide bonds. The van der Waals surface area contributed by atoms with Gasteiger partial charge in [-0.15, -0.1) is 22.7 Å². The van der Waals surface area contributed by atoms with Gasteiger partial charge in [-0.3, -0.25) is 14.0 Å². The Hall–Kier alpha value is -2.23. The maximum atomic E-state index is 12.9. The van der Waals surface area contributed by atoms with Crippen molar-refractivity contribution in [1.82, 2.24) is 19.2 Å². The van der Waals surface area contributed by atoms with Gasteiger partial charge in [0.15, 0.2) is 5.13 Å². The number of rotatable bonds is 4. The summed E-state index contributed by atoms with van der Waals surface area (Å²) < 4.78 is 4.62. The molecule has 4 rings (SSSR count). The van der Waals surface area contributed by atoms with Crippen molar-refractivity contribution in [3.63, 3.8) is 0 Å². The Balaban J connectivity index is 1.81. The third-order valence-electron chi connectivity index (χ3n) is 3.85. The Bertz CT molecular complexity index is 1170. The van der Waals surface area contributed by atoms with Crippen LogP contribution in [0.4, 0.5) is 5.13 Å². The molecule has 0 aliphatic rings. The SMILES string of the molecule is CC(C)c1nn(CC(=O)Nc2nccs2)c(=O)c2cc3sc(Cl)cc3n12. The number of carbonyl (C=O) groups excluding carboxylic acids is 1. The van der Waals surface area contributed by atoms with Gasteiger partial charge >= 0.3 is 0 Å². The molecule has 0 saturated carbocycles. The number of aromatic nitrogens is 4. The van der Waals surface area contributed by atoms with E-state index in [1.165, 1.54) is 27.4 Å². The summed E-state index contributed by atoms with van der Waals surface area (Å²) in [6.45, 7) is 3.81. The first-order valence-electron chi connectivity index (χ1n) is 7.85. The summed E-state index contributed by atoms with van der Waals surface area (Å²) in [5, 5.41) is 9.38. The normalized spacial score (nSPS) is 11.7. The summed E-state index contributed by atoms with van der Waals surface area (Å²) in [4.78, 5) is 29.1. The highest BCUT2D eigenvalue weighted by Gasteiger charge is 2.19. The number of carbonyl (C=O) groups is 1. The minimum atomic E-state index is -0.343. The molecule has 0 aromatic carbocycles. The summed E-state index contributed by atoms with van der Waals surface area (Å²) in [6, 6.07) is 3.64. The van der Waals surface area contributed by atoms with Crippen LogP contribution < -0.4 is 10.9 Å². The van der Waals surface area contributed by atoms with Crippen LogP contribution in [0.25, 0.3) is 15.7 Å². The minimum absolute atomic E-state index is 0.0562. The summed E-state index contributed by atoms with van der Waals surface area (Å²) in [5.74, 6) is 0.414. The highest BCUT2D eigenvalue weighted by atomic mass is 35.5. The molecule has 134 valence electrons. The molecule has 0 fully saturated rings. The van der Waals surface area contributed by atoms with Gasteiger partial charge in [0, 0.05) is 17.5 Å². The fourth-order valence-electron chi connectivity index (χ4n) is 2.77. The van der Waals surface area contributed by atoms with Gasteiger partial charge < -0.3 is 5.32 Å². The van der Waals surface area contributed by atoms with Crippen molar-refractivity contribution >= 4 is 61.0 Å². The lowest BCUT2D eigenvalue weighted by Gasteiger charge is -2.13. The Kier molecular flexibility index (Phi) is 4.29. The van der Waals surface area contributed by atoms with E-state index in [2.05, 4.69) is 15.4 Å². The van der Waals surface area contributed by atoms with Crippen molar-refractivity contribution in [3.05, 3.63) is 44.2 Å². The lowest BCUT2D eigenvalue weighted by molar-refractivity contribution is -0.117. The first kappa shape index (κ1) is 17.2. The zero-order valence-electron chi connectivity index (χ0n) is 13.9. The van der Waals surface area contributed by atoms with Crippen LogP contribution in [0, 0.1) is 0 Å². The number of fused-ring (bicyclic) bond motifs is 3. The van der Waals surface area contributed by atoms with Crippen molar-refractivity contribution < 1.29 is 4.79 Å². The standard InChI is InChI=1S/C16H14ClN5O2S2/c1-8(2)14-20-21(7-13(23)19-16-18-3-4-25-16)15(24)10-5-11-9(22(10)14)6-12(17)26-11/h3-6,8H,7H2,1-2H3,(H,18,19,23). The second kappa shape index (κ2) is 6.49. The van der Waals surface area contributed by atoms with Crippen molar-refractivity contribution in [2.75, 3.05) is 5.32 Å². The first-order chi connectivity index (χ1) is 12.4. The molecule has 0 saturated heterocycles. The largest absolute Gasteiger partial charge is 0.300 e. The first-order valence-corrected chi connectivity index (χ1v) is 9.92. The lowest BCUT2D eigenvalue weighted by Crippen LogP contribution is -2.32. The Labute approximate surface area is 160 Å². The number of nitrogens with one attached hydrogen (secondary N) is 1. The van der Waals surface area contributed by atoms with E-state index in [-0.39, 0.29) is 23.9 Å². The topological polar surface area (TPSA) is 81.3 Å². The molecule has 0 unspecified atom stereocenters. The fraction of sp³-hybridized carbons (Fsp3) is 0.250. The average molecular weight is 408 g/mol. The number of thiazole rings is 1. The molecule has 7 nitrogen and oxygen atoms in total. The second-order valence-electron chi connectivity index (χ2n) is 6.03. The maximum absolute atomic E-state index is 12.9. The number of nitrogens with zero attached hydrogens (tertiary/aromatic N) is 4. The molecule has 0 spiro atoms. The zero-order chi connectivity index (χ0) is 18.4. The van der Waals surface area contributed by atoms with E-state index in [9.17, 15) is 9.59 Å². The third-order valence-corrected chi connectivity index (χ3v) is 5.74. The molecule has 0 aliphatic carbocycles. The fourth-order valence-corrected chi connectivity index (χ4v) is 4.48. The van der Waals surface area contributed by atoms with Gasteiger partial charge in [0.2, 0.25) is 5.91 Å². The molecule has 4 heterocycles. The van der Waals surface area contributed by atoms with E-state index in [0.29, 0.717) is 20.8 Å². The summed E-state index contributed by atoms with van der Waals surface area (Å²) in [7, 11) is 0. The molecule has 1 N–H and O–H groups in total. The predicted molar refractivity (Wildman–Crippen MR) is 105 cm³/mol. The Morgan fingerprint density at radius 3 is 2.85 bits per heavy atom. The van der Waals surface area contributed by atoms with Crippen LogP contribution in [0.5, 0.6) is 0 Å². The molecule has 0 aliphatic heterocycles. The van der Waals surface area contributed by atoms with Crippen LogP contribution in [0.3, 0.4) is 0 Å². The lowest BCUT2D eigenvalue weighted by atomic mass is 10.2. The van der Waals surface area contributed by atoms with E-state index in [4.69, 9.17) is 11.6 Å². The van der Waals surface area contributed by atoms with Gasteiger partial charge in [-0.1, -0.05) is 25.4 Å². The van der Waals surface area contributed by atoms with Crippen LogP contribution >= 0.6 is 34.3 Å². The van der Waals surface area contributed by atoms with Crippen LogP contribution in [0.15, 0.2) is 28.5 Å². The summed E-state index contributed by atoms with van der Waals surface area (Å²) in [6.07, 6.45) is 1.60. The highest BCUT2D eigenvalue weighted by molar-refractivity contribution is 7.22. The van der Waals surface area contributed by atoms with E-state index in [1.54, 1.807) is 17.6 Å². The maximum Gasteiger partial charge on any atom is 0.291 e. The molecule has 26 heavy (non-hydrogen) atoms. The van der Waals surface area contributed by atoms with Crippen LogP contribution in [-0.2, 0) is 11.3 Å². The van der Waals surface area contributed by atoms with Gasteiger partial charge in [-0.25, -0.2) is 9.67 Å². The van der Waals surface area contributed by atoms with Crippen LogP contribution in [-0.4, -0.2) is 25.1 Å². The van der Waals surface area contributed by atoms with E-state index < -0.39 is 0 Å². The van der Waals surface area contributed by atoms with E-state index in [1.807, 2.05) is 24.3 Å². The quantitative estimate of drug-likeness (QED) is 0.560. The van der Waals surface area contributed by atoms with Gasteiger partial charge in [0.05, 0.1) is 14.6 Å². The summed E-state index contributed by atoms with van der Waals surface area (Å²) in [5.41, 5.74) is 1.04. The van der Waals surface area contributed by atoms with Gasteiger partial charge in [-0.2, -0.15) is 5.10 Å². The number of thiophene rings is 1. The molecule has 4 aromatic rings. The van der Waals surface area contributed by atoms with E-state index in [0.717, 1.165) is 10.2 Å². The number of halogens is 1. The molecular weight excluding hydrogens is 394 g/mol. The number of anilines is 1. The van der Waals surface area contributed by atoms with Crippen LogP contribution in [0.2, 0.25) is 4.34 Å².